The zero-order valence-electron chi connectivity index (χ0n) is 22.4. The van der Waals surface area contributed by atoms with Gasteiger partial charge >= 0.3 is 0 Å². The molecule has 4 heteroatoms. The number of rotatable bonds is 2. The number of fused-ring (bicyclic) bond motifs is 11. The molecule has 3 nitrogen and oxygen atoms in total. The molecular formula is C38H22ClN3. The van der Waals surface area contributed by atoms with E-state index in [9.17, 15) is 0 Å². The first-order valence-electron chi connectivity index (χ1n) is 14.1. The normalized spacial score (nSPS) is 13.5. The molecule has 1 aromatic heterocycles. The van der Waals surface area contributed by atoms with E-state index in [2.05, 4.69) is 125 Å². The topological polar surface area (TPSA) is 38.7 Å². The van der Waals surface area contributed by atoms with Gasteiger partial charge in [-0.05, 0) is 79.0 Å². The van der Waals surface area contributed by atoms with Crippen LogP contribution in [0.5, 0.6) is 0 Å². The van der Waals surface area contributed by atoms with Crippen molar-refractivity contribution >= 4 is 22.4 Å². The summed E-state index contributed by atoms with van der Waals surface area (Å²) in [4.78, 5) is 14.1. The molecule has 42 heavy (non-hydrogen) atoms. The van der Waals surface area contributed by atoms with E-state index in [0.29, 0.717) is 11.6 Å². The molecule has 2 aliphatic rings. The summed E-state index contributed by atoms with van der Waals surface area (Å²) in [6.45, 7) is 0. The Morgan fingerprint density at radius 3 is 1.50 bits per heavy atom. The summed E-state index contributed by atoms with van der Waals surface area (Å²) in [6.07, 6.45) is 0. The van der Waals surface area contributed by atoms with E-state index in [-0.39, 0.29) is 5.28 Å². The van der Waals surface area contributed by atoms with Crippen LogP contribution in [0.15, 0.2) is 133 Å². The van der Waals surface area contributed by atoms with E-state index >= 15 is 0 Å². The Morgan fingerprint density at radius 2 is 0.881 bits per heavy atom. The summed E-state index contributed by atoms with van der Waals surface area (Å²) in [6, 6.07) is 47.5. The molecule has 2 aliphatic carbocycles. The van der Waals surface area contributed by atoms with Crippen molar-refractivity contribution in [2.75, 3.05) is 0 Å². The fraction of sp³-hybridized carbons (Fsp3) is 0.0263. The number of benzene rings is 6. The smallest absolute Gasteiger partial charge is 0.208 e. The van der Waals surface area contributed by atoms with Gasteiger partial charge in [-0.25, -0.2) is 4.98 Å². The van der Waals surface area contributed by atoms with Gasteiger partial charge in [0.15, 0.2) is 11.6 Å². The third kappa shape index (κ3) is 3.14. The molecule has 0 amide bonds. The van der Waals surface area contributed by atoms with Gasteiger partial charge in [-0.2, -0.15) is 9.97 Å². The lowest BCUT2D eigenvalue weighted by atomic mass is 9.70. The first-order valence-corrected chi connectivity index (χ1v) is 14.4. The van der Waals surface area contributed by atoms with Crippen molar-refractivity contribution < 1.29 is 0 Å². The minimum Gasteiger partial charge on any atom is -0.208 e. The van der Waals surface area contributed by atoms with Crippen LogP contribution in [0.3, 0.4) is 0 Å². The van der Waals surface area contributed by atoms with Crippen LogP contribution >= 0.6 is 11.6 Å². The van der Waals surface area contributed by atoms with Gasteiger partial charge in [-0.3, -0.25) is 0 Å². The molecule has 0 N–H and O–H groups in total. The fourth-order valence-corrected chi connectivity index (χ4v) is 7.33. The van der Waals surface area contributed by atoms with Gasteiger partial charge in [-0.1, -0.05) is 121 Å². The average molecular weight is 556 g/mol. The Labute approximate surface area is 248 Å². The number of hydrogen-bond donors (Lipinski definition) is 0. The van der Waals surface area contributed by atoms with Gasteiger partial charge < -0.3 is 0 Å². The second-order valence-electron chi connectivity index (χ2n) is 11.0. The number of nitrogens with zero attached hydrogens (tertiary/aromatic N) is 3. The molecular weight excluding hydrogens is 534 g/mol. The van der Waals surface area contributed by atoms with E-state index in [1.165, 1.54) is 49.9 Å². The quantitative estimate of drug-likeness (QED) is 0.213. The Morgan fingerprint density at radius 1 is 0.405 bits per heavy atom. The van der Waals surface area contributed by atoms with Crippen molar-refractivity contribution in [3.63, 3.8) is 0 Å². The summed E-state index contributed by atoms with van der Waals surface area (Å²) in [5.41, 5.74) is 11.6. The molecule has 0 aliphatic heterocycles. The summed E-state index contributed by atoms with van der Waals surface area (Å²) >= 11 is 6.55. The molecule has 0 unspecified atom stereocenters. The lowest BCUT2D eigenvalue weighted by Crippen LogP contribution is -2.25. The largest absolute Gasteiger partial charge is 0.226 e. The Hall–Kier alpha value is -5.12. The maximum Gasteiger partial charge on any atom is 0.226 e. The summed E-state index contributed by atoms with van der Waals surface area (Å²) in [7, 11) is 0. The Bertz CT molecular complexity index is 2170. The number of aromatic nitrogens is 3. The van der Waals surface area contributed by atoms with Crippen molar-refractivity contribution in [3.8, 4) is 45.0 Å². The van der Waals surface area contributed by atoms with Crippen LogP contribution in [0.2, 0.25) is 5.28 Å². The molecule has 0 saturated carbocycles. The van der Waals surface area contributed by atoms with Crippen LogP contribution < -0.4 is 0 Å². The predicted molar refractivity (Wildman–Crippen MR) is 170 cm³/mol. The van der Waals surface area contributed by atoms with Gasteiger partial charge in [0.1, 0.15) is 0 Å². The molecule has 0 atom stereocenters. The monoisotopic (exact) mass is 555 g/mol. The van der Waals surface area contributed by atoms with Gasteiger partial charge in [0.25, 0.3) is 0 Å². The summed E-state index contributed by atoms with van der Waals surface area (Å²) in [5, 5.41) is 2.48. The minimum atomic E-state index is -0.423. The zero-order chi connectivity index (χ0) is 27.8. The molecule has 9 rings (SSSR count). The molecule has 6 aromatic carbocycles. The molecule has 0 fully saturated rings. The number of hydrogen-bond acceptors (Lipinski definition) is 3. The van der Waals surface area contributed by atoms with Crippen LogP contribution in [0.4, 0.5) is 0 Å². The summed E-state index contributed by atoms with van der Waals surface area (Å²) in [5.74, 6) is 1.12. The van der Waals surface area contributed by atoms with Crippen molar-refractivity contribution in [2.24, 2.45) is 0 Å². The van der Waals surface area contributed by atoms with Crippen LogP contribution in [0, 0.1) is 0 Å². The maximum absolute atomic E-state index is 6.55. The Balaban J connectivity index is 1.28. The second kappa shape index (κ2) is 8.69. The second-order valence-corrected chi connectivity index (χ2v) is 11.3. The third-order valence-corrected chi connectivity index (χ3v) is 9.04. The molecule has 7 aromatic rings. The van der Waals surface area contributed by atoms with E-state index < -0.39 is 5.41 Å². The lowest BCUT2D eigenvalue weighted by molar-refractivity contribution is 0.794. The molecule has 0 saturated heterocycles. The highest BCUT2D eigenvalue weighted by atomic mass is 35.5. The molecule has 0 bridgehead atoms. The lowest BCUT2D eigenvalue weighted by Gasteiger charge is -2.30. The standard InChI is InChI=1S/C38H22ClN3/c39-37-41-35(25-18-17-23-9-1-2-10-24(23)21-25)40-36(42-37)26-19-20-30-29-13-5-8-16-33(29)38(34(30)22-26)31-14-6-3-11-27(31)28-12-4-7-15-32(28)38/h1-22H. The molecule has 1 heterocycles. The van der Waals surface area contributed by atoms with Crippen LogP contribution in [-0.2, 0) is 5.41 Å². The van der Waals surface area contributed by atoms with Crippen molar-refractivity contribution in [2.45, 2.75) is 5.41 Å². The zero-order valence-corrected chi connectivity index (χ0v) is 23.2. The van der Waals surface area contributed by atoms with E-state index in [1.54, 1.807) is 0 Å². The highest BCUT2D eigenvalue weighted by Crippen LogP contribution is 2.62. The fourth-order valence-electron chi connectivity index (χ4n) is 7.17. The third-order valence-electron chi connectivity index (χ3n) is 8.87. The van der Waals surface area contributed by atoms with Gasteiger partial charge in [0, 0.05) is 11.1 Å². The van der Waals surface area contributed by atoms with Crippen molar-refractivity contribution in [1.82, 2.24) is 15.0 Å². The van der Waals surface area contributed by atoms with E-state index in [4.69, 9.17) is 16.6 Å². The SMILES string of the molecule is Clc1nc(-c2ccc3c(c2)C2(c4ccccc4-c4ccccc42)c2ccccc2-3)nc(-c2ccc3ccccc3c2)n1. The predicted octanol–water partition coefficient (Wildman–Crippen LogP) is 9.36. The average Bonchev–Trinajstić information content (AvgIpc) is 3.51. The first kappa shape index (κ1) is 23.6. The van der Waals surface area contributed by atoms with E-state index in [0.717, 1.165) is 16.5 Å². The van der Waals surface area contributed by atoms with Crippen LogP contribution in [0.25, 0.3) is 55.8 Å². The van der Waals surface area contributed by atoms with Gasteiger partial charge in [0.05, 0.1) is 5.41 Å². The van der Waals surface area contributed by atoms with E-state index in [1.807, 2.05) is 18.2 Å². The Kier molecular flexibility index (Phi) is 4.88. The van der Waals surface area contributed by atoms with Crippen molar-refractivity contribution in [1.29, 1.82) is 0 Å². The molecule has 1 spiro atoms. The maximum atomic E-state index is 6.55. The van der Waals surface area contributed by atoms with Gasteiger partial charge in [0.2, 0.25) is 5.28 Å². The van der Waals surface area contributed by atoms with Crippen LogP contribution in [0.1, 0.15) is 22.3 Å². The first-order chi connectivity index (χ1) is 20.7. The highest BCUT2D eigenvalue weighted by Gasteiger charge is 2.51. The molecule has 196 valence electrons. The minimum absolute atomic E-state index is 0.179. The number of halogens is 1. The van der Waals surface area contributed by atoms with Crippen molar-refractivity contribution in [3.05, 3.63) is 161 Å². The van der Waals surface area contributed by atoms with Gasteiger partial charge in [-0.15, -0.1) is 0 Å². The summed E-state index contributed by atoms with van der Waals surface area (Å²) < 4.78 is 0. The highest BCUT2D eigenvalue weighted by molar-refractivity contribution is 6.28. The molecule has 0 radical (unpaired) electrons. The van der Waals surface area contributed by atoms with Crippen LogP contribution in [-0.4, -0.2) is 15.0 Å².